The van der Waals surface area contributed by atoms with Gasteiger partial charge in [0.15, 0.2) is 5.65 Å². The van der Waals surface area contributed by atoms with E-state index in [1.807, 2.05) is 38.2 Å². The fourth-order valence-electron chi connectivity index (χ4n) is 2.43. The zero-order valence-electron chi connectivity index (χ0n) is 11.8. The number of alkyl halides is 1. The molecule has 3 aromatic rings. The molecule has 1 unspecified atom stereocenters. The first kappa shape index (κ1) is 14.5. The van der Waals surface area contributed by atoms with E-state index in [2.05, 4.69) is 42.6 Å². The van der Waals surface area contributed by atoms with E-state index in [0.29, 0.717) is 6.54 Å². The van der Waals surface area contributed by atoms with Gasteiger partial charge >= 0.3 is 0 Å². The Hall–Kier alpha value is -1.39. The van der Waals surface area contributed by atoms with Gasteiger partial charge in [0.2, 0.25) is 0 Å². The predicted octanol–water partition coefficient (Wildman–Crippen LogP) is 4.85. The molecular weight excluding hydrogens is 350 g/mol. The SMILES string of the molecule is Cc1ccnc2c1nc(C(C)Cl)n2Cc1cccc(Br)c1. The number of imidazole rings is 1. The molecule has 0 amide bonds. The van der Waals surface area contributed by atoms with E-state index >= 15 is 0 Å². The van der Waals surface area contributed by atoms with Crippen LogP contribution < -0.4 is 0 Å². The van der Waals surface area contributed by atoms with Crippen LogP contribution in [-0.4, -0.2) is 14.5 Å². The highest BCUT2D eigenvalue weighted by Crippen LogP contribution is 2.26. The van der Waals surface area contributed by atoms with Crippen molar-refractivity contribution in [2.75, 3.05) is 0 Å². The lowest BCUT2D eigenvalue weighted by Gasteiger charge is -2.10. The van der Waals surface area contributed by atoms with Crippen molar-refractivity contribution in [1.82, 2.24) is 14.5 Å². The summed E-state index contributed by atoms with van der Waals surface area (Å²) >= 11 is 9.82. The van der Waals surface area contributed by atoms with Crippen molar-refractivity contribution in [3.05, 3.63) is 58.0 Å². The maximum atomic E-state index is 6.31. The maximum Gasteiger partial charge on any atom is 0.160 e. The highest BCUT2D eigenvalue weighted by molar-refractivity contribution is 9.10. The number of rotatable bonds is 3. The number of nitrogens with zero attached hydrogens (tertiary/aromatic N) is 3. The Kier molecular flexibility index (Phi) is 4.00. The molecule has 0 saturated heterocycles. The highest BCUT2D eigenvalue weighted by Gasteiger charge is 2.17. The smallest absolute Gasteiger partial charge is 0.160 e. The van der Waals surface area contributed by atoms with Crippen LogP contribution in [0.25, 0.3) is 11.2 Å². The third kappa shape index (κ3) is 2.83. The lowest BCUT2D eigenvalue weighted by molar-refractivity contribution is 0.736. The van der Waals surface area contributed by atoms with Crippen LogP contribution in [0.5, 0.6) is 0 Å². The molecule has 2 aromatic heterocycles. The average Bonchev–Trinajstić information content (AvgIpc) is 2.80. The Balaban J connectivity index is 2.16. The third-order valence-corrected chi connectivity index (χ3v) is 4.14. The van der Waals surface area contributed by atoms with Crippen LogP contribution in [0, 0.1) is 6.92 Å². The number of hydrogen-bond donors (Lipinski definition) is 0. The number of fused-ring (bicyclic) bond motifs is 1. The molecule has 1 atom stereocenters. The molecule has 0 fully saturated rings. The fourth-order valence-corrected chi connectivity index (χ4v) is 3.05. The van der Waals surface area contributed by atoms with Gasteiger partial charge in [-0.05, 0) is 43.2 Å². The topological polar surface area (TPSA) is 30.7 Å². The molecule has 0 aliphatic rings. The van der Waals surface area contributed by atoms with E-state index in [-0.39, 0.29) is 5.38 Å². The first-order valence-electron chi connectivity index (χ1n) is 6.76. The molecule has 0 spiro atoms. The first-order chi connectivity index (χ1) is 10.1. The number of pyridine rings is 1. The molecule has 3 rings (SSSR count). The lowest BCUT2D eigenvalue weighted by Crippen LogP contribution is -2.06. The van der Waals surface area contributed by atoms with Crippen LogP contribution >= 0.6 is 27.5 Å². The molecule has 0 saturated carbocycles. The van der Waals surface area contributed by atoms with Gasteiger partial charge in [-0.25, -0.2) is 9.97 Å². The number of hydrogen-bond acceptors (Lipinski definition) is 2. The van der Waals surface area contributed by atoms with E-state index in [1.54, 1.807) is 0 Å². The fraction of sp³-hybridized carbons (Fsp3) is 0.250. The van der Waals surface area contributed by atoms with Crippen molar-refractivity contribution in [1.29, 1.82) is 0 Å². The van der Waals surface area contributed by atoms with E-state index in [4.69, 9.17) is 11.6 Å². The molecule has 0 bridgehead atoms. The second-order valence-corrected chi connectivity index (χ2v) is 6.67. The molecule has 1 aromatic carbocycles. The molecular formula is C16H15BrClN3. The monoisotopic (exact) mass is 363 g/mol. The van der Waals surface area contributed by atoms with Gasteiger partial charge in [-0.2, -0.15) is 0 Å². The van der Waals surface area contributed by atoms with Gasteiger partial charge in [0.25, 0.3) is 0 Å². The minimum atomic E-state index is -0.161. The lowest BCUT2D eigenvalue weighted by atomic mass is 10.2. The third-order valence-electron chi connectivity index (χ3n) is 3.45. The van der Waals surface area contributed by atoms with Gasteiger partial charge in [0.05, 0.1) is 11.9 Å². The normalized spacial score (nSPS) is 12.8. The Morgan fingerprint density at radius 2 is 2.14 bits per heavy atom. The maximum absolute atomic E-state index is 6.31. The van der Waals surface area contributed by atoms with E-state index in [1.165, 1.54) is 5.56 Å². The van der Waals surface area contributed by atoms with Crippen molar-refractivity contribution in [3.63, 3.8) is 0 Å². The molecule has 21 heavy (non-hydrogen) atoms. The van der Waals surface area contributed by atoms with E-state index in [9.17, 15) is 0 Å². The van der Waals surface area contributed by atoms with Crippen molar-refractivity contribution in [2.45, 2.75) is 25.8 Å². The van der Waals surface area contributed by atoms with Crippen LogP contribution in [-0.2, 0) is 6.54 Å². The number of aryl methyl sites for hydroxylation is 1. The van der Waals surface area contributed by atoms with Crippen LogP contribution in [0.3, 0.4) is 0 Å². The number of halogens is 2. The summed E-state index contributed by atoms with van der Waals surface area (Å²) in [7, 11) is 0. The summed E-state index contributed by atoms with van der Waals surface area (Å²) in [6.07, 6.45) is 1.82. The van der Waals surface area contributed by atoms with Crippen LogP contribution in [0.1, 0.15) is 29.3 Å². The van der Waals surface area contributed by atoms with Crippen molar-refractivity contribution < 1.29 is 0 Å². The largest absolute Gasteiger partial charge is 0.307 e. The molecule has 0 aliphatic carbocycles. The molecule has 0 radical (unpaired) electrons. The summed E-state index contributed by atoms with van der Waals surface area (Å²) in [4.78, 5) is 9.18. The van der Waals surface area contributed by atoms with Gasteiger partial charge in [0.1, 0.15) is 11.3 Å². The summed E-state index contributed by atoms with van der Waals surface area (Å²) in [5.41, 5.74) is 4.12. The highest BCUT2D eigenvalue weighted by atomic mass is 79.9. The predicted molar refractivity (Wildman–Crippen MR) is 89.8 cm³/mol. The summed E-state index contributed by atoms with van der Waals surface area (Å²) in [5, 5.41) is -0.161. The molecule has 0 aliphatic heterocycles. The van der Waals surface area contributed by atoms with Crippen molar-refractivity contribution >= 4 is 38.7 Å². The Morgan fingerprint density at radius 3 is 2.86 bits per heavy atom. The minimum absolute atomic E-state index is 0.161. The van der Waals surface area contributed by atoms with Gasteiger partial charge < -0.3 is 4.57 Å². The van der Waals surface area contributed by atoms with Gasteiger partial charge in [-0.3, -0.25) is 0 Å². The molecule has 0 N–H and O–H groups in total. The number of benzene rings is 1. The molecule has 5 heteroatoms. The van der Waals surface area contributed by atoms with E-state index in [0.717, 1.165) is 27.0 Å². The molecule has 3 nitrogen and oxygen atoms in total. The van der Waals surface area contributed by atoms with Crippen LogP contribution in [0.2, 0.25) is 0 Å². The second kappa shape index (κ2) is 5.78. The Bertz CT molecular complexity index is 795. The second-order valence-electron chi connectivity index (χ2n) is 5.10. The zero-order valence-corrected chi connectivity index (χ0v) is 14.2. The van der Waals surface area contributed by atoms with Crippen LogP contribution in [0.4, 0.5) is 0 Å². The average molecular weight is 365 g/mol. The number of aromatic nitrogens is 3. The minimum Gasteiger partial charge on any atom is -0.307 e. The molecule has 2 heterocycles. The standard InChI is InChI=1S/C16H15BrClN3/c1-10-6-7-19-16-14(10)20-15(11(2)18)21(16)9-12-4-3-5-13(17)8-12/h3-8,11H,9H2,1-2H3. The summed E-state index contributed by atoms with van der Waals surface area (Å²) in [6.45, 7) is 4.69. The summed E-state index contributed by atoms with van der Waals surface area (Å²) in [6, 6.07) is 10.2. The van der Waals surface area contributed by atoms with Crippen molar-refractivity contribution in [3.8, 4) is 0 Å². The van der Waals surface area contributed by atoms with Gasteiger partial charge in [-0.15, -0.1) is 11.6 Å². The van der Waals surface area contributed by atoms with Crippen molar-refractivity contribution in [2.24, 2.45) is 0 Å². The van der Waals surface area contributed by atoms with Gasteiger partial charge in [0, 0.05) is 10.7 Å². The summed E-state index contributed by atoms with van der Waals surface area (Å²) in [5.74, 6) is 0.855. The quantitative estimate of drug-likeness (QED) is 0.622. The first-order valence-corrected chi connectivity index (χ1v) is 7.99. The zero-order chi connectivity index (χ0) is 15.0. The molecule has 108 valence electrons. The van der Waals surface area contributed by atoms with Gasteiger partial charge in [-0.1, -0.05) is 28.1 Å². The Morgan fingerprint density at radius 1 is 1.33 bits per heavy atom. The Labute approximate surface area is 137 Å². The van der Waals surface area contributed by atoms with Crippen LogP contribution in [0.15, 0.2) is 41.0 Å². The summed E-state index contributed by atoms with van der Waals surface area (Å²) < 4.78 is 3.16. The van der Waals surface area contributed by atoms with E-state index < -0.39 is 0 Å².